The zero-order valence-corrected chi connectivity index (χ0v) is 15.4. The van der Waals surface area contributed by atoms with E-state index in [9.17, 15) is 4.79 Å². The van der Waals surface area contributed by atoms with Gasteiger partial charge < -0.3 is 14.2 Å². The molecule has 0 radical (unpaired) electrons. The lowest BCUT2D eigenvalue weighted by Gasteiger charge is -2.16. The zero-order chi connectivity index (χ0) is 16.6. The summed E-state index contributed by atoms with van der Waals surface area (Å²) in [7, 11) is 0.574. The lowest BCUT2D eigenvalue weighted by atomic mass is 10.1. The number of hydrogen-bond acceptors (Lipinski definition) is 4. The van der Waals surface area contributed by atoms with Crippen LogP contribution in [-0.2, 0) is 27.3 Å². The maximum absolute atomic E-state index is 11.5. The predicted octanol–water partition coefficient (Wildman–Crippen LogP) is 3.66. The van der Waals surface area contributed by atoms with Gasteiger partial charge in [0.15, 0.2) is 0 Å². The van der Waals surface area contributed by atoms with Crippen LogP contribution in [0.5, 0.6) is 5.75 Å². The third kappa shape index (κ3) is 7.09. The Hall–Kier alpha value is -1.33. The average molecular weight is 324 g/mol. The Bertz CT molecular complexity index is 480. The lowest BCUT2D eigenvalue weighted by molar-refractivity contribution is -0.142. The summed E-state index contributed by atoms with van der Waals surface area (Å²) in [6, 6.07) is 6.92. The minimum absolute atomic E-state index is 0.219. The minimum Gasteiger partial charge on any atom is -0.496 e. The molecular weight excluding hydrogens is 296 g/mol. The highest BCUT2D eigenvalue weighted by Crippen LogP contribution is 2.22. The van der Waals surface area contributed by atoms with E-state index in [1.165, 1.54) is 0 Å². The van der Waals surface area contributed by atoms with Gasteiger partial charge in [-0.15, -0.1) is 0 Å². The van der Waals surface area contributed by atoms with Gasteiger partial charge in [-0.1, -0.05) is 31.8 Å². The number of ether oxygens (including phenoxy) is 3. The fourth-order valence-corrected chi connectivity index (χ4v) is 2.71. The molecule has 1 aromatic carbocycles. The van der Waals surface area contributed by atoms with Crippen molar-refractivity contribution in [3.8, 4) is 5.75 Å². The van der Waals surface area contributed by atoms with Crippen LogP contribution in [0.3, 0.4) is 0 Å². The third-order valence-electron chi connectivity index (χ3n) is 3.26. The van der Waals surface area contributed by atoms with Crippen LogP contribution in [0.2, 0.25) is 25.7 Å². The summed E-state index contributed by atoms with van der Waals surface area (Å²) >= 11 is 0. The summed E-state index contributed by atoms with van der Waals surface area (Å²) in [6.07, 6.45) is 0.265. The molecule has 0 aliphatic carbocycles. The molecule has 0 aliphatic heterocycles. The van der Waals surface area contributed by atoms with E-state index in [0.29, 0.717) is 13.2 Å². The molecule has 0 heterocycles. The second-order valence-corrected chi connectivity index (χ2v) is 12.1. The molecule has 124 valence electrons. The first kappa shape index (κ1) is 18.7. The fourth-order valence-electron chi connectivity index (χ4n) is 1.96. The van der Waals surface area contributed by atoms with E-state index in [2.05, 4.69) is 19.6 Å². The normalized spacial score (nSPS) is 11.3. The molecule has 0 aromatic heterocycles. The summed E-state index contributed by atoms with van der Waals surface area (Å²) in [5, 5.41) is 0. The highest BCUT2D eigenvalue weighted by atomic mass is 28.3. The van der Waals surface area contributed by atoms with E-state index in [4.69, 9.17) is 14.2 Å². The number of carbonyl (C=O) groups excluding carboxylic acids is 1. The molecule has 4 nitrogen and oxygen atoms in total. The van der Waals surface area contributed by atoms with Crippen molar-refractivity contribution in [3.63, 3.8) is 0 Å². The van der Waals surface area contributed by atoms with Crippen molar-refractivity contribution in [3.05, 3.63) is 29.3 Å². The van der Waals surface area contributed by atoms with Gasteiger partial charge in [-0.05, 0) is 24.6 Å². The van der Waals surface area contributed by atoms with E-state index in [1.807, 2.05) is 18.2 Å². The molecule has 0 atom stereocenters. The monoisotopic (exact) mass is 324 g/mol. The summed E-state index contributed by atoms with van der Waals surface area (Å²) in [6.45, 7) is 10.5. The topological polar surface area (TPSA) is 44.8 Å². The molecule has 0 saturated heterocycles. The van der Waals surface area contributed by atoms with Crippen molar-refractivity contribution in [2.75, 3.05) is 20.3 Å². The first-order valence-corrected chi connectivity index (χ1v) is 11.5. The van der Waals surface area contributed by atoms with Crippen LogP contribution in [0.25, 0.3) is 0 Å². The number of esters is 1. The SMILES string of the molecule is CCOC(=O)Cc1ccc(COCC[Si](C)(C)C)c(OC)c1. The largest absolute Gasteiger partial charge is 0.496 e. The standard InChI is InChI=1S/C17H28O4Si/c1-6-21-17(18)12-14-7-8-15(16(11-14)19-2)13-20-9-10-22(3,4)5/h7-8,11H,6,9-10,12-13H2,1-5H3. The highest BCUT2D eigenvalue weighted by Gasteiger charge is 2.13. The van der Waals surface area contributed by atoms with Gasteiger partial charge in [-0.2, -0.15) is 0 Å². The number of carbonyl (C=O) groups is 1. The molecule has 0 aliphatic rings. The summed E-state index contributed by atoms with van der Waals surface area (Å²) < 4.78 is 16.1. The van der Waals surface area contributed by atoms with Crippen LogP contribution < -0.4 is 4.74 Å². The molecule has 0 bridgehead atoms. The zero-order valence-electron chi connectivity index (χ0n) is 14.4. The van der Waals surface area contributed by atoms with Gasteiger partial charge in [0.2, 0.25) is 0 Å². The van der Waals surface area contributed by atoms with Crippen LogP contribution in [0.4, 0.5) is 0 Å². The van der Waals surface area contributed by atoms with Crippen molar-refractivity contribution >= 4 is 14.0 Å². The van der Waals surface area contributed by atoms with E-state index in [0.717, 1.165) is 29.5 Å². The van der Waals surface area contributed by atoms with Crippen molar-refractivity contribution in [2.24, 2.45) is 0 Å². The molecule has 5 heteroatoms. The molecule has 0 saturated carbocycles. The average Bonchev–Trinajstić information content (AvgIpc) is 2.43. The van der Waals surface area contributed by atoms with Crippen LogP contribution >= 0.6 is 0 Å². The first-order valence-electron chi connectivity index (χ1n) is 7.75. The summed E-state index contributed by atoms with van der Waals surface area (Å²) in [5.74, 6) is 0.540. The van der Waals surface area contributed by atoms with E-state index in [-0.39, 0.29) is 12.4 Å². The predicted molar refractivity (Wildman–Crippen MR) is 91.1 cm³/mol. The Morgan fingerprint density at radius 3 is 2.55 bits per heavy atom. The Balaban J connectivity index is 2.59. The minimum atomic E-state index is -1.06. The van der Waals surface area contributed by atoms with E-state index >= 15 is 0 Å². The second-order valence-electron chi connectivity index (χ2n) is 6.49. The Kier molecular flexibility index (Phi) is 7.62. The lowest BCUT2D eigenvalue weighted by Crippen LogP contribution is -2.21. The molecule has 0 N–H and O–H groups in total. The van der Waals surface area contributed by atoms with Gasteiger partial charge in [-0.25, -0.2) is 0 Å². The van der Waals surface area contributed by atoms with Crippen LogP contribution in [0.1, 0.15) is 18.1 Å². The van der Waals surface area contributed by atoms with E-state index < -0.39 is 8.07 Å². The maximum Gasteiger partial charge on any atom is 0.310 e. The number of rotatable bonds is 9. The molecule has 0 unspecified atom stereocenters. The van der Waals surface area contributed by atoms with Crippen molar-refractivity contribution in [2.45, 2.75) is 45.6 Å². The van der Waals surface area contributed by atoms with E-state index in [1.54, 1.807) is 14.0 Å². The molecule has 0 fully saturated rings. The quantitative estimate of drug-likeness (QED) is 0.395. The molecule has 0 amide bonds. The molecule has 0 spiro atoms. The van der Waals surface area contributed by atoms with Gasteiger partial charge in [-0.3, -0.25) is 4.79 Å². The second kappa shape index (κ2) is 8.95. The summed E-state index contributed by atoms with van der Waals surface area (Å²) in [4.78, 5) is 11.5. The molecule has 1 aromatic rings. The van der Waals surface area contributed by atoms with Crippen molar-refractivity contribution in [1.29, 1.82) is 0 Å². The van der Waals surface area contributed by atoms with Gasteiger partial charge in [0, 0.05) is 20.2 Å². The molecular formula is C17H28O4Si. The Morgan fingerprint density at radius 2 is 1.95 bits per heavy atom. The van der Waals surface area contributed by atoms with Crippen LogP contribution in [0, 0.1) is 0 Å². The van der Waals surface area contributed by atoms with Crippen LogP contribution in [-0.4, -0.2) is 34.4 Å². The molecule has 1 rings (SSSR count). The fraction of sp³-hybridized carbons (Fsp3) is 0.588. The maximum atomic E-state index is 11.5. The summed E-state index contributed by atoms with van der Waals surface area (Å²) in [5.41, 5.74) is 1.90. The first-order chi connectivity index (χ1) is 10.4. The Labute approximate surface area is 134 Å². The smallest absolute Gasteiger partial charge is 0.310 e. The Morgan fingerprint density at radius 1 is 1.23 bits per heavy atom. The van der Waals surface area contributed by atoms with Gasteiger partial charge in [0.05, 0.1) is 26.7 Å². The number of hydrogen-bond donors (Lipinski definition) is 0. The highest BCUT2D eigenvalue weighted by molar-refractivity contribution is 6.76. The van der Waals surface area contributed by atoms with Crippen molar-refractivity contribution in [1.82, 2.24) is 0 Å². The van der Waals surface area contributed by atoms with Crippen molar-refractivity contribution < 1.29 is 19.0 Å². The van der Waals surface area contributed by atoms with Crippen LogP contribution in [0.15, 0.2) is 18.2 Å². The number of benzene rings is 1. The van der Waals surface area contributed by atoms with Gasteiger partial charge >= 0.3 is 5.97 Å². The number of methoxy groups -OCH3 is 1. The van der Waals surface area contributed by atoms with Gasteiger partial charge in [0.25, 0.3) is 0 Å². The third-order valence-corrected chi connectivity index (χ3v) is 4.96. The van der Waals surface area contributed by atoms with Gasteiger partial charge in [0.1, 0.15) is 5.75 Å². The molecule has 22 heavy (non-hydrogen) atoms.